The second kappa shape index (κ2) is 9.09. The van der Waals surface area contributed by atoms with E-state index >= 15 is 0 Å². The average molecular weight is 169 g/mol. The summed E-state index contributed by atoms with van der Waals surface area (Å²) in [5.41, 5.74) is 0. The van der Waals surface area contributed by atoms with Gasteiger partial charge in [-0.05, 0) is 12.3 Å². The molecule has 0 heterocycles. The molecule has 1 unspecified atom stereocenters. The Morgan fingerprint density at radius 1 is 1.00 bits per heavy atom. The largest absolute Gasteiger partial charge is 0.0654 e. The van der Waals surface area contributed by atoms with Crippen molar-refractivity contribution in [3.8, 4) is 0 Å². The molecular weight excluding hydrogens is 144 g/mol. The molecule has 0 rings (SSSR count). The second-order valence-electron chi connectivity index (χ2n) is 3.69. The third kappa shape index (κ3) is 6.69. The summed E-state index contributed by atoms with van der Waals surface area (Å²) in [7, 11) is 0. The lowest BCUT2D eigenvalue weighted by molar-refractivity contribution is 0.483. The first-order chi connectivity index (χ1) is 5.85. The van der Waals surface area contributed by atoms with Gasteiger partial charge >= 0.3 is 0 Å². The molecular formula is C12H25. The van der Waals surface area contributed by atoms with E-state index in [1.54, 1.807) is 0 Å². The van der Waals surface area contributed by atoms with Crippen molar-refractivity contribution in [3.05, 3.63) is 6.42 Å². The van der Waals surface area contributed by atoms with Gasteiger partial charge in [0.15, 0.2) is 0 Å². The number of rotatable bonds is 8. The van der Waals surface area contributed by atoms with Crippen molar-refractivity contribution in [3.63, 3.8) is 0 Å². The molecule has 0 saturated carbocycles. The van der Waals surface area contributed by atoms with Crippen LogP contribution in [-0.4, -0.2) is 0 Å². The first-order valence-electron chi connectivity index (χ1n) is 5.68. The summed E-state index contributed by atoms with van der Waals surface area (Å²) in [5, 5.41) is 0. The molecule has 0 aromatic heterocycles. The lowest BCUT2D eigenvalue weighted by Crippen LogP contribution is -1.99. The van der Waals surface area contributed by atoms with Gasteiger partial charge in [0.05, 0.1) is 0 Å². The molecule has 0 bridgehead atoms. The highest BCUT2D eigenvalue weighted by atomic mass is 14.1. The minimum atomic E-state index is 0.900. The van der Waals surface area contributed by atoms with Gasteiger partial charge in [-0.2, -0.15) is 0 Å². The number of unbranched alkanes of at least 4 members (excludes halogenated alkanes) is 3. The van der Waals surface area contributed by atoms with E-state index in [9.17, 15) is 0 Å². The van der Waals surface area contributed by atoms with Gasteiger partial charge in [-0.15, -0.1) is 0 Å². The van der Waals surface area contributed by atoms with E-state index in [0.29, 0.717) is 0 Å². The lowest BCUT2D eigenvalue weighted by atomic mass is 9.93. The van der Waals surface area contributed by atoms with E-state index in [1.807, 2.05) is 0 Å². The highest BCUT2D eigenvalue weighted by Gasteiger charge is 2.04. The van der Waals surface area contributed by atoms with Gasteiger partial charge in [0.1, 0.15) is 0 Å². The smallest absolute Gasteiger partial charge is 0.0355 e. The van der Waals surface area contributed by atoms with Crippen LogP contribution in [0.3, 0.4) is 0 Å². The second-order valence-corrected chi connectivity index (χ2v) is 3.69. The molecule has 73 valence electrons. The molecule has 0 aliphatic heterocycles. The van der Waals surface area contributed by atoms with Gasteiger partial charge in [-0.3, -0.25) is 0 Å². The van der Waals surface area contributed by atoms with Crippen LogP contribution in [0.5, 0.6) is 0 Å². The summed E-state index contributed by atoms with van der Waals surface area (Å²) >= 11 is 0. The summed E-state index contributed by atoms with van der Waals surface area (Å²) in [5.74, 6) is 0.900. The molecule has 0 heteroatoms. The normalized spacial score (nSPS) is 13.2. The standard InChI is InChI=1S/C12H25/c1-4-7-9-11-12(6-3)10-8-5-2/h10,12H,4-9,11H2,1-3H3. The Bertz CT molecular complexity index is 76.1. The maximum atomic E-state index is 2.52. The Labute approximate surface area is 78.8 Å². The van der Waals surface area contributed by atoms with Gasteiger partial charge in [0.25, 0.3) is 0 Å². The molecule has 12 heavy (non-hydrogen) atoms. The Morgan fingerprint density at radius 2 is 1.75 bits per heavy atom. The summed E-state index contributed by atoms with van der Waals surface area (Å²) < 4.78 is 0. The summed E-state index contributed by atoms with van der Waals surface area (Å²) in [6.45, 7) is 6.84. The molecule has 0 aliphatic carbocycles. The van der Waals surface area contributed by atoms with Gasteiger partial charge < -0.3 is 0 Å². The molecule has 0 aromatic carbocycles. The summed E-state index contributed by atoms with van der Waals surface area (Å²) in [4.78, 5) is 0. The molecule has 1 radical (unpaired) electrons. The fourth-order valence-corrected chi connectivity index (χ4v) is 1.55. The topological polar surface area (TPSA) is 0 Å². The number of hydrogen-bond donors (Lipinski definition) is 0. The van der Waals surface area contributed by atoms with Crippen molar-refractivity contribution >= 4 is 0 Å². The van der Waals surface area contributed by atoms with Crippen LogP contribution >= 0.6 is 0 Å². The van der Waals surface area contributed by atoms with E-state index in [2.05, 4.69) is 27.2 Å². The van der Waals surface area contributed by atoms with Gasteiger partial charge in [-0.1, -0.05) is 65.7 Å². The average Bonchev–Trinajstić information content (AvgIpc) is 2.11. The third-order valence-electron chi connectivity index (χ3n) is 2.49. The minimum absolute atomic E-state index is 0.900. The van der Waals surface area contributed by atoms with Crippen molar-refractivity contribution in [1.29, 1.82) is 0 Å². The van der Waals surface area contributed by atoms with Crippen molar-refractivity contribution in [2.24, 2.45) is 5.92 Å². The van der Waals surface area contributed by atoms with Crippen LogP contribution in [-0.2, 0) is 0 Å². The first kappa shape index (κ1) is 12.0. The lowest BCUT2D eigenvalue weighted by Gasteiger charge is -2.12. The predicted octanol–water partition coefficient (Wildman–Crippen LogP) is 4.60. The first-order valence-corrected chi connectivity index (χ1v) is 5.68. The fourth-order valence-electron chi connectivity index (χ4n) is 1.55. The monoisotopic (exact) mass is 169 g/mol. The van der Waals surface area contributed by atoms with Gasteiger partial charge in [-0.25, -0.2) is 0 Å². The number of hydrogen-bond acceptors (Lipinski definition) is 0. The molecule has 0 spiro atoms. The zero-order valence-electron chi connectivity index (χ0n) is 9.10. The molecule has 0 amide bonds. The zero-order valence-corrected chi connectivity index (χ0v) is 9.10. The quantitative estimate of drug-likeness (QED) is 0.466. The van der Waals surface area contributed by atoms with E-state index in [4.69, 9.17) is 0 Å². The molecule has 0 aliphatic rings. The van der Waals surface area contributed by atoms with E-state index in [0.717, 1.165) is 5.92 Å². The van der Waals surface area contributed by atoms with Crippen LogP contribution in [0.4, 0.5) is 0 Å². The predicted molar refractivity (Wildman–Crippen MR) is 57.1 cm³/mol. The van der Waals surface area contributed by atoms with Crippen LogP contribution in [0, 0.1) is 12.3 Å². The summed E-state index contributed by atoms with van der Waals surface area (Å²) in [6, 6.07) is 0. The highest BCUT2D eigenvalue weighted by molar-refractivity contribution is 4.74. The Hall–Kier alpha value is 0. The Balaban J connectivity index is 3.26. The molecule has 1 atom stereocenters. The van der Waals surface area contributed by atoms with Crippen LogP contribution in [0.1, 0.15) is 65.7 Å². The zero-order chi connectivity index (χ0) is 9.23. The molecule has 0 N–H and O–H groups in total. The molecule has 0 saturated heterocycles. The molecule has 0 fully saturated rings. The van der Waals surface area contributed by atoms with Crippen molar-refractivity contribution in [2.45, 2.75) is 65.7 Å². The minimum Gasteiger partial charge on any atom is -0.0654 e. The Morgan fingerprint density at radius 3 is 2.25 bits per heavy atom. The van der Waals surface area contributed by atoms with Crippen molar-refractivity contribution in [2.75, 3.05) is 0 Å². The maximum absolute atomic E-state index is 2.52. The molecule has 0 aromatic rings. The van der Waals surface area contributed by atoms with Crippen molar-refractivity contribution in [1.82, 2.24) is 0 Å². The van der Waals surface area contributed by atoms with Gasteiger partial charge in [0, 0.05) is 0 Å². The van der Waals surface area contributed by atoms with E-state index < -0.39 is 0 Å². The van der Waals surface area contributed by atoms with E-state index in [-0.39, 0.29) is 0 Å². The molecule has 0 nitrogen and oxygen atoms in total. The SMILES string of the molecule is CCC[CH]C(CC)CCCCC. The highest BCUT2D eigenvalue weighted by Crippen LogP contribution is 2.18. The Kier molecular flexibility index (Phi) is 9.09. The van der Waals surface area contributed by atoms with Gasteiger partial charge in [0.2, 0.25) is 0 Å². The van der Waals surface area contributed by atoms with E-state index in [1.165, 1.54) is 44.9 Å². The van der Waals surface area contributed by atoms with Crippen LogP contribution in [0.2, 0.25) is 0 Å². The fraction of sp³-hybridized carbons (Fsp3) is 0.917. The third-order valence-corrected chi connectivity index (χ3v) is 2.49. The maximum Gasteiger partial charge on any atom is -0.0355 e. The summed E-state index contributed by atoms with van der Waals surface area (Å²) in [6.07, 6.45) is 12.1. The van der Waals surface area contributed by atoms with Crippen LogP contribution in [0.25, 0.3) is 0 Å². The van der Waals surface area contributed by atoms with Crippen LogP contribution in [0.15, 0.2) is 0 Å². The van der Waals surface area contributed by atoms with Crippen molar-refractivity contribution < 1.29 is 0 Å². The van der Waals surface area contributed by atoms with Crippen LogP contribution < -0.4 is 0 Å².